The second-order valence-corrected chi connectivity index (χ2v) is 1.70. The van der Waals surface area contributed by atoms with Crippen molar-refractivity contribution < 1.29 is 9.63 Å². The lowest BCUT2D eigenvalue weighted by atomic mass is 10.8. The summed E-state index contributed by atoms with van der Waals surface area (Å²) in [5, 5.41) is 3.36. The Balaban J connectivity index is 2.01. The summed E-state index contributed by atoms with van der Waals surface area (Å²) < 4.78 is 0. The molecule has 44 valence electrons. The van der Waals surface area contributed by atoms with Gasteiger partial charge in [0.1, 0.15) is 12.3 Å². The summed E-state index contributed by atoms with van der Waals surface area (Å²) in [5.41, 5.74) is 0. The van der Waals surface area contributed by atoms with Crippen LogP contribution in [0.5, 0.6) is 0 Å². The molecule has 1 aliphatic carbocycles. The van der Waals surface area contributed by atoms with Gasteiger partial charge in [0.05, 0.1) is 0 Å². The van der Waals surface area contributed by atoms with Crippen molar-refractivity contribution in [3.63, 3.8) is 0 Å². The van der Waals surface area contributed by atoms with Gasteiger partial charge in [-0.2, -0.15) is 0 Å². The minimum atomic E-state index is 0.297. The molecule has 0 saturated heterocycles. The van der Waals surface area contributed by atoms with E-state index in [1.165, 1.54) is 0 Å². The zero-order chi connectivity index (χ0) is 5.82. The van der Waals surface area contributed by atoms with E-state index < -0.39 is 0 Å². The van der Waals surface area contributed by atoms with Crippen LogP contribution < -0.4 is 0 Å². The maximum Gasteiger partial charge on any atom is 0.164 e. The molecule has 1 rings (SSSR count). The third kappa shape index (κ3) is 1.73. The van der Waals surface area contributed by atoms with Gasteiger partial charge in [0.25, 0.3) is 0 Å². The summed E-state index contributed by atoms with van der Waals surface area (Å²) in [6, 6.07) is 0. The first-order valence-corrected chi connectivity index (χ1v) is 2.56. The average Bonchev–Trinajstić information content (AvgIpc) is 2.51. The van der Waals surface area contributed by atoms with E-state index in [1.807, 2.05) is 0 Å². The topological polar surface area (TPSA) is 38.7 Å². The first kappa shape index (κ1) is 5.28. The summed E-state index contributed by atoms with van der Waals surface area (Å²) >= 11 is 0. The number of rotatable bonds is 3. The Hall–Kier alpha value is -0.860. The Labute approximate surface area is 47.3 Å². The summed E-state index contributed by atoms with van der Waals surface area (Å²) in [6.45, 7) is 0. The predicted molar refractivity (Wildman–Crippen MR) is 28.7 cm³/mol. The number of carbonyl (C=O) groups excluding carboxylic acids is 1. The molecule has 0 radical (unpaired) electrons. The molecule has 0 heterocycles. The maximum absolute atomic E-state index is 9.58. The number of carbonyl (C=O) groups is 1. The van der Waals surface area contributed by atoms with Gasteiger partial charge in [-0.3, -0.25) is 4.79 Å². The molecule has 3 heteroatoms. The van der Waals surface area contributed by atoms with Gasteiger partial charge < -0.3 is 4.84 Å². The molecule has 3 nitrogen and oxygen atoms in total. The average molecular weight is 113 g/mol. The summed E-state index contributed by atoms with van der Waals surface area (Å²) in [6.07, 6.45) is 4.17. The van der Waals surface area contributed by atoms with Crippen LogP contribution in [0.1, 0.15) is 12.8 Å². The molecule has 8 heavy (non-hydrogen) atoms. The lowest BCUT2D eigenvalue weighted by Crippen LogP contribution is -1.84. The van der Waals surface area contributed by atoms with Crippen molar-refractivity contribution in [3.05, 3.63) is 0 Å². The van der Waals surface area contributed by atoms with E-state index in [-0.39, 0.29) is 0 Å². The first-order chi connectivity index (χ1) is 3.93. The van der Waals surface area contributed by atoms with Crippen molar-refractivity contribution >= 4 is 12.5 Å². The van der Waals surface area contributed by atoms with Gasteiger partial charge in [-0.25, -0.2) is 0 Å². The summed E-state index contributed by atoms with van der Waals surface area (Å²) in [7, 11) is 0. The van der Waals surface area contributed by atoms with Crippen LogP contribution in [-0.2, 0) is 9.63 Å². The molecule has 0 aromatic rings. The van der Waals surface area contributed by atoms with E-state index in [0.29, 0.717) is 12.4 Å². The van der Waals surface area contributed by atoms with Gasteiger partial charge in [0.2, 0.25) is 0 Å². The molecule has 0 N–H and O–H groups in total. The van der Waals surface area contributed by atoms with Crippen LogP contribution in [0.4, 0.5) is 0 Å². The monoisotopic (exact) mass is 113 g/mol. The fourth-order valence-corrected chi connectivity index (χ4v) is 0.319. The number of aldehydes is 1. The van der Waals surface area contributed by atoms with E-state index in [2.05, 4.69) is 5.16 Å². The van der Waals surface area contributed by atoms with Gasteiger partial charge >= 0.3 is 0 Å². The third-order valence-corrected chi connectivity index (χ3v) is 0.856. The van der Waals surface area contributed by atoms with Crippen molar-refractivity contribution in [3.8, 4) is 0 Å². The van der Waals surface area contributed by atoms with Crippen molar-refractivity contribution in [1.82, 2.24) is 0 Å². The lowest BCUT2D eigenvalue weighted by Gasteiger charge is -1.87. The highest BCUT2D eigenvalue weighted by Crippen LogP contribution is 2.23. The molecule has 0 amide bonds. The third-order valence-electron chi connectivity index (χ3n) is 0.856. The minimum absolute atomic E-state index is 0.297. The molecule has 1 aliphatic rings. The highest BCUT2D eigenvalue weighted by atomic mass is 16.6. The molecule has 1 saturated carbocycles. The number of hydrogen-bond acceptors (Lipinski definition) is 3. The standard InChI is InChI=1S/C5H7NO2/c7-4-3-6-8-5-1-2-5/h3-5H,1-2H2. The van der Waals surface area contributed by atoms with Gasteiger partial charge in [0, 0.05) is 0 Å². The highest BCUT2D eigenvalue weighted by Gasteiger charge is 2.22. The van der Waals surface area contributed by atoms with Crippen molar-refractivity contribution in [2.24, 2.45) is 5.16 Å². The summed E-state index contributed by atoms with van der Waals surface area (Å²) in [5.74, 6) is 0. The SMILES string of the molecule is O=CC=NOC1CC1. The van der Waals surface area contributed by atoms with Crippen LogP contribution >= 0.6 is 0 Å². The van der Waals surface area contributed by atoms with Crippen LogP contribution in [0.15, 0.2) is 5.16 Å². The molecule has 0 aliphatic heterocycles. The first-order valence-electron chi connectivity index (χ1n) is 2.56. The summed E-state index contributed by atoms with van der Waals surface area (Å²) in [4.78, 5) is 14.3. The highest BCUT2D eigenvalue weighted by molar-refractivity contribution is 6.12. The Morgan fingerprint density at radius 2 is 2.38 bits per heavy atom. The van der Waals surface area contributed by atoms with E-state index >= 15 is 0 Å². The van der Waals surface area contributed by atoms with E-state index in [4.69, 9.17) is 4.84 Å². The Bertz CT molecular complexity index is 107. The number of oxime groups is 1. The van der Waals surface area contributed by atoms with Crippen LogP contribution in [-0.4, -0.2) is 18.6 Å². The Morgan fingerprint density at radius 3 is 2.88 bits per heavy atom. The Morgan fingerprint density at radius 1 is 1.62 bits per heavy atom. The van der Waals surface area contributed by atoms with E-state index in [0.717, 1.165) is 19.1 Å². The van der Waals surface area contributed by atoms with Crippen molar-refractivity contribution in [2.45, 2.75) is 18.9 Å². The normalized spacial score (nSPS) is 19.0. The second kappa shape index (κ2) is 2.45. The van der Waals surface area contributed by atoms with E-state index in [9.17, 15) is 4.79 Å². The molecular weight excluding hydrogens is 106 g/mol. The van der Waals surface area contributed by atoms with Crippen molar-refractivity contribution in [1.29, 1.82) is 0 Å². The van der Waals surface area contributed by atoms with Gasteiger partial charge in [-0.05, 0) is 12.8 Å². The second-order valence-electron chi connectivity index (χ2n) is 1.70. The van der Waals surface area contributed by atoms with Crippen LogP contribution in [0.2, 0.25) is 0 Å². The molecular formula is C5H7NO2. The predicted octanol–water partition coefficient (Wildman–Crippen LogP) is 0.350. The largest absolute Gasteiger partial charge is 0.392 e. The molecule has 0 bridgehead atoms. The van der Waals surface area contributed by atoms with Gasteiger partial charge in [-0.1, -0.05) is 5.16 Å². The molecule has 0 unspecified atom stereocenters. The zero-order valence-corrected chi connectivity index (χ0v) is 4.41. The number of hydrogen-bond donors (Lipinski definition) is 0. The molecule has 0 atom stereocenters. The molecule has 0 spiro atoms. The molecule has 0 aromatic heterocycles. The maximum atomic E-state index is 9.58. The van der Waals surface area contributed by atoms with Gasteiger partial charge in [-0.15, -0.1) is 0 Å². The minimum Gasteiger partial charge on any atom is -0.392 e. The number of nitrogens with zero attached hydrogens (tertiary/aromatic N) is 1. The quantitative estimate of drug-likeness (QED) is 0.301. The van der Waals surface area contributed by atoms with Crippen LogP contribution in [0, 0.1) is 0 Å². The fourth-order valence-electron chi connectivity index (χ4n) is 0.319. The van der Waals surface area contributed by atoms with E-state index in [1.54, 1.807) is 0 Å². The zero-order valence-electron chi connectivity index (χ0n) is 4.41. The Kier molecular flexibility index (Phi) is 1.62. The van der Waals surface area contributed by atoms with Gasteiger partial charge in [0.15, 0.2) is 6.29 Å². The molecule has 0 aromatic carbocycles. The van der Waals surface area contributed by atoms with Crippen LogP contribution in [0.25, 0.3) is 0 Å². The van der Waals surface area contributed by atoms with Crippen molar-refractivity contribution in [2.75, 3.05) is 0 Å². The van der Waals surface area contributed by atoms with Crippen LogP contribution in [0.3, 0.4) is 0 Å². The molecule has 1 fully saturated rings. The fraction of sp³-hybridized carbons (Fsp3) is 0.600. The lowest BCUT2D eigenvalue weighted by molar-refractivity contribution is -0.102. The smallest absolute Gasteiger partial charge is 0.164 e.